The van der Waals surface area contributed by atoms with E-state index in [1.54, 1.807) is 30.7 Å². The second-order valence-electron chi connectivity index (χ2n) is 4.80. The zero-order valence-corrected chi connectivity index (χ0v) is 14.0. The van der Waals surface area contributed by atoms with Crippen molar-refractivity contribution < 1.29 is 23.4 Å². The van der Waals surface area contributed by atoms with Crippen molar-refractivity contribution >= 4 is 17.3 Å². The van der Waals surface area contributed by atoms with Crippen molar-refractivity contribution in [2.45, 2.75) is 6.61 Å². The van der Waals surface area contributed by atoms with Crippen LogP contribution in [-0.2, 0) is 11.3 Å². The topological polar surface area (TPSA) is 70.8 Å². The van der Waals surface area contributed by atoms with E-state index in [9.17, 15) is 4.79 Å². The van der Waals surface area contributed by atoms with Gasteiger partial charge < -0.3 is 18.6 Å². The number of ether oxygens (including phenoxy) is 3. The molecule has 0 radical (unpaired) electrons. The van der Waals surface area contributed by atoms with Gasteiger partial charge in [-0.05, 0) is 24.3 Å². The molecule has 0 aliphatic carbocycles. The van der Waals surface area contributed by atoms with Crippen molar-refractivity contribution in [2.75, 3.05) is 14.2 Å². The molecule has 0 spiro atoms. The number of rotatable bonds is 6. The molecule has 2 aromatic heterocycles. The maximum atomic E-state index is 11.6. The maximum absolute atomic E-state index is 11.6. The highest BCUT2D eigenvalue weighted by molar-refractivity contribution is 7.13. The highest BCUT2D eigenvalue weighted by atomic mass is 32.1. The quantitative estimate of drug-likeness (QED) is 0.633. The van der Waals surface area contributed by atoms with E-state index < -0.39 is 5.97 Å². The van der Waals surface area contributed by atoms with Gasteiger partial charge in [-0.3, -0.25) is 0 Å². The number of methoxy groups -OCH3 is 2. The summed E-state index contributed by atoms with van der Waals surface area (Å²) in [6, 6.07) is 6.74. The molecule has 0 N–H and O–H groups in total. The molecule has 0 bridgehead atoms. The molecule has 7 heteroatoms. The predicted molar refractivity (Wildman–Crippen MR) is 88.5 cm³/mol. The molecule has 0 aliphatic heterocycles. The molecule has 3 aromatic rings. The smallest absolute Gasteiger partial charge is 0.337 e. The zero-order valence-electron chi connectivity index (χ0n) is 13.1. The second kappa shape index (κ2) is 7.18. The lowest BCUT2D eigenvalue weighted by Gasteiger charge is -2.10. The standard InChI is InChI=1S/C17H15NO5S/c1-20-15-7-11(17(19)21-2)3-4-14(15)23-9-13-10-24-16(18-13)12-5-6-22-8-12/h3-8,10H,9H2,1-2H3. The number of hydrogen-bond donors (Lipinski definition) is 0. The van der Waals surface area contributed by atoms with E-state index in [0.717, 1.165) is 16.3 Å². The first-order chi connectivity index (χ1) is 11.7. The van der Waals surface area contributed by atoms with Gasteiger partial charge in [0, 0.05) is 10.9 Å². The Labute approximate surface area is 142 Å². The third-order valence-corrected chi connectivity index (χ3v) is 4.22. The van der Waals surface area contributed by atoms with E-state index in [2.05, 4.69) is 4.98 Å². The van der Waals surface area contributed by atoms with Gasteiger partial charge in [0.15, 0.2) is 11.5 Å². The zero-order chi connectivity index (χ0) is 16.9. The summed E-state index contributed by atoms with van der Waals surface area (Å²) in [4.78, 5) is 16.1. The van der Waals surface area contributed by atoms with Crippen LogP contribution in [0.25, 0.3) is 10.6 Å². The molecule has 0 saturated carbocycles. The van der Waals surface area contributed by atoms with Crippen LogP contribution in [0.1, 0.15) is 16.1 Å². The average molecular weight is 345 g/mol. The SMILES string of the molecule is COC(=O)c1ccc(OCc2csc(-c3ccoc3)n2)c(OC)c1. The number of thiazole rings is 1. The molecular weight excluding hydrogens is 330 g/mol. The number of aromatic nitrogens is 1. The van der Waals surface area contributed by atoms with Gasteiger partial charge in [-0.2, -0.15) is 0 Å². The summed E-state index contributed by atoms with van der Waals surface area (Å²) in [5, 5.41) is 2.80. The van der Waals surface area contributed by atoms with Crippen LogP contribution in [0.3, 0.4) is 0 Å². The summed E-state index contributed by atoms with van der Waals surface area (Å²) < 4.78 is 20.8. The highest BCUT2D eigenvalue weighted by Gasteiger charge is 2.12. The molecule has 0 amide bonds. The first-order valence-corrected chi connectivity index (χ1v) is 7.95. The summed E-state index contributed by atoms with van der Waals surface area (Å²) in [7, 11) is 2.85. The van der Waals surface area contributed by atoms with Crippen molar-refractivity contribution in [3.05, 3.63) is 53.4 Å². The number of carbonyl (C=O) groups is 1. The number of carbonyl (C=O) groups excluding carboxylic acids is 1. The predicted octanol–water partition coefficient (Wildman–Crippen LogP) is 3.78. The average Bonchev–Trinajstić information content (AvgIpc) is 3.30. The van der Waals surface area contributed by atoms with Gasteiger partial charge in [-0.15, -0.1) is 11.3 Å². The van der Waals surface area contributed by atoms with Crippen molar-refractivity contribution in [1.29, 1.82) is 0 Å². The molecule has 1 aromatic carbocycles. The minimum Gasteiger partial charge on any atom is -0.493 e. The molecule has 124 valence electrons. The lowest BCUT2D eigenvalue weighted by Crippen LogP contribution is -2.03. The molecule has 0 aliphatic rings. The molecule has 3 rings (SSSR count). The van der Waals surface area contributed by atoms with E-state index in [-0.39, 0.29) is 0 Å². The van der Waals surface area contributed by atoms with Crippen LogP contribution in [0.4, 0.5) is 0 Å². The van der Waals surface area contributed by atoms with Gasteiger partial charge in [0.25, 0.3) is 0 Å². The van der Waals surface area contributed by atoms with Crippen LogP contribution in [0.15, 0.2) is 46.6 Å². The molecule has 0 saturated heterocycles. The van der Waals surface area contributed by atoms with E-state index >= 15 is 0 Å². The lowest BCUT2D eigenvalue weighted by molar-refractivity contribution is 0.0600. The van der Waals surface area contributed by atoms with E-state index in [4.69, 9.17) is 18.6 Å². The summed E-state index contributed by atoms with van der Waals surface area (Å²) in [5.74, 6) is 0.565. The third kappa shape index (κ3) is 3.41. The van der Waals surface area contributed by atoms with Crippen LogP contribution in [0, 0.1) is 0 Å². The van der Waals surface area contributed by atoms with Crippen LogP contribution < -0.4 is 9.47 Å². The number of furan rings is 1. The van der Waals surface area contributed by atoms with Crippen LogP contribution in [0.5, 0.6) is 11.5 Å². The summed E-state index contributed by atoms with van der Waals surface area (Å²) >= 11 is 1.52. The Balaban J connectivity index is 1.71. The molecular formula is C17H15NO5S. The Kier molecular flexibility index (Phi) is 4.81. The molecule has 24 heavy (non-hydrogen) atoms. The van der Waals surface area contributed by atoms with E-state index in [1.807, 2.05) is 11.4 Å². The van der Waals surface area contributed by atoms with Gasteiger partial charge in [0.05, 0.1) is 31.7 Å². The Morgan fingerprint density at radius 3 is 2.83 bits per heavy atom. The van der Waals surface area contributed by atoms with Gasteiger partial charge in [0.1, 0.15) is 17.9 Å². The van der Waals surface area contributed by atoms with Gasteiger partial charge in [-0.25, -0.2) is 9.78 Å². The fourth-order valence-corrected chi connectivity index (χ4v) is 2.87. The second-order valence-corrected chi connectivity index (χ2v) is 5.66. The summed E-state index contributed by atoms with van der Waals surface area (Å²) in [6.45, 7) is 0.294. The normalized spacial score (nSPS) is 10.4. The van der Waals surface area contributed by atoms with Crippen molar-refractivity contribution in [3.63, 3.8) is 0 Å². The monoisotopic (exact) mass is 345 g/mol. The van der Waals surface area contributed by atoms with Gasteiger partial charge in [0.2, 0.25) is 0 Å². The molecule has 6 nitrogen and oxygen atoms in total. The Bertz CT molecular complexity index is 825. The van der Waals surface area contributed by atoms with Gasteiger partial charge >= 0.3 is 5.97 Å². The largest absolute Gasteiger partial charge is 0.493 e. The Hall–Kier alpha value is -2.80. The van der Waals surface area contributed by atoms with Crippen molar-refractivity contribution in [1.82, 2.24) is 4.98 Å². The lowest BCUT2D eigenvalue weighted by atomic mass is 10.2. The van der Waals surface area contributed by atoms with Crippen LogP contribution in [-0.4, -0.2) is 25.2 Å². The highest BCUT2D eigenvalue weighted by Crippen LogP contribution is 2.30. The minimum absolute atomic E-state index is 0.294. The minimum atomic E-state index is -0.427. The number of benzene rings is 1. The molecule has 0 unspecified atom stereocenters. The maximum Gasteiger partial charge on any atom is 0.337 e. The summed E-state index contributed by atoms with van der Waals surface area (Å²) in [6.07, 6.45) is 3.26. The fraction of sp³-hybridized carbons (Fsp3) is 0.176. The van der Waals surface area contributed by atoms with E-state index in [1.165, 1.54) is 25.6 Å². The Morgan fingerprint density at radius 1 is 1.25 bits per heavy atom. The van der Waals surface area contributed by atoms with Crippen molar-refractivity contribution in [3.8, 4) is 22.1 Å². The Morgan fingerprint density at radius 2 is 2.12 bits per heavy atom. The van der Waals surface area contributed by atoms with Crippen LogP contribution in [0.2, 0.25) is 0 Å². The van der Waals surface area contributed by atoms with Crippen LogP contribution >= 0.6 is 11.3 Å². The van der Waals surface area contributed by atoms with E-state index in [0.29, 0.717) is 23.7 Å². The van der Waals surface area contributed by atoms with Gasteiger partial charge in [-0.1, -0.05) is 0 Å². The third-order valence-electron chi connectivity index (χ3n) is 3.28. The number of esters is 1. The molecule has 0 atom stereocenters. The number of nitrogens with zero attached hydrogens (tertiary/aromatic N) is 1. The summed E-state index contributed by atoms with van der Waals surface area (Å²) in [5.41, 5.74) is 2.14. The number of hydrogen-bond acceptors (Lipinski definition) is 7. The first kappa shape index (κ1) is 16.1. The fourth-order valence-electron chi connectivity index (χ4n) is 2.08. The van der Waals surface area contributed by atoms with Crippen molar-refractivity contribution in [2.24, 2.45) is 0 Å². The first-order valence-electron chi connectivity index (χ1n) is 7.07. The molecule has 0 fully saturated rings. The molecule has 2 heterocycles.